The Balaban J connectivity index is 2.34. The van der Waals surface area contributed by atoms with E-state index in [1.54, 1.807) is 0 Å². The fourth-order valence-electron chi connectivity index (χ4n) is 4.78. The summed E-state index contributed by atoms with van der Waals surface area (Å²) >= 11 is 0. The number of aliphatic hydroxyl groups is 2. The van der Waals surface area contributed by atoms with Crippen molar-refractivity contribution in [3.8, 4) is 0 Å². The zero-order valence-corrected chi connectivity index (χ0v) is 20.2. The Labute approximate surface area is 194 Å². The molecule has 0 amide bonds. The first kappa shape index (κ1) is 28.6. The Morgan fingerprint density at radius 2 is 1.41 bits per heavy atom. The lowest BCUT2D eigenvalue weighted by molar-refractivity contribution is -0.138. The fraction of sp³-hybridized carbons (Fsp3) is 0.846. The van der Waals surface area contributed by atoms with Gasteiger partial charge in [-0.15, -0.1) is 0 Å². The van der Waals surface area contributed by atoms with Crippen molar-refractivity contribution in [2.24, 2.45) is 17.3 Å². The van der Waals surface area contributed by atoms with E-state index in [0.717, 1.165) is 83.5 Å². The van der Waals surface area contributed by atoms with Crippen molar-refractivity contribution >= 4 is 11.9 Å². The highest BCUT2D eigenvalue weighted by Crippen LogP contribution is 2.37. The van der Waals surface area contributed by atoms with Gasteiger partial charge in [0.05, 0.1) is 12.2 Å². The van der Waals surface area contributed by atoms with Crippen LogP contribution >= 0.6 is 0 Å². The summed E-state index contributed by atoms with van der Waals surface area (Å²) < 4.78 is 0. The molecule has 0 saturated heterocycles. The summed E-state index contributed by atoms with van der Waals surface area (Å²) in [7, 11) is 0. The van der Waals surface area contributed by atoms with Gasteiger partial charge in [-0.2, -0.15) is 0 Å². The van der Waals surface area contributed by atoms with Crippen molar-refractivity contribution in [3.05, 3.63) is 12.2 Å². The fourth-order valence-corrected chi connectivity index (χ4v) is 4.78. The predicted molar refractivity (Wildman–Crippen MR) is 126 cm³/mol. The molecule has 0 heterocycles. The van der Waals surface area contributed by atoms with Gasteiger partial charge in [0.25, 0.3) is 0 Å². The van der Waals surface area contributed by atoms with Gasteiger partial charge in [0.1, 0.15) is 0 Å². The van der Waals surface area contributed by atoms with E-state index in [2.05, 4.69) is 19.9 Å². The van der Waals surface area contributed by atoms with E-state index in [9.17, 15) is 19.8 Å². The third-order valence-electron chi connectivity index (χ3n) is 7.07. The molecule has 1 rings (SSSR count). The molecule has 0 aliphatic heterocycles. The number of hydrogen-bond acceptors (Lipinski definition) is 4. The molecule has 1 saturated carbocycles. The minimum Gasteiger partial charge on any atom is -0.481 e. The van der Waals surface area contributed by atoms with Gasteiger partial charge in [0.2, 0.25) is 0 Å². The van der Waals surface area contributed by atoms with Gasteiger partial charge in [0.15, 0.2) is 0 Å². The topological polar surface area (TPSA) is 115 Å². The van der Waals surface area contributed by atoms with E-state index in [-0.39, 0.29) is 30.3 Å². The summed E-state index contributed by atoms with van der Waals surface area (Å²) in [5.41, 5.74) is -0.214. The highest BCUT2D eigenvalue weighted by Gasteiger charge is 2.33. The van der Waals surface area contributed by atoms with E-state index in [1.165, 1.54) is 0 Å². The van der Waals surface area contributed by atoms with Gasteiger partial charge >= 0.3 is 11.9 Å². The Hall–Kier alpha value is -1.40. The molecule has 32 heavy (non-hydrogen) atoms. The maximum Gasteiger partial charge on any atom is 0.303 e. The zero-order chi connectivity index (χ0) is 24.0. The van der Waals surface area contributed by atoms with E-state index in [1.807, 2.05) is 6.08 Å². The lowest BCUT2D eigenvalue weighted by Crippen LogP contribution is -2.28. The summed E-state index contributed by atoms with van der Waals surface area (Å²) in [4.78, 5) is 21.1. The Bertz CT molecular complexity index is 571. The molecule has 6 heteroatoms. The van der Waals surface area contributed by atoms with Crippen LogP contribution in [-0.4, -0.2) is 44.6 Å². The molecule has 4 N–H and O–H groups in total. The van der Waals surface area contributed by atoms with E-state index < -0.39 is 18.0 Å². The number of unbranched alkanes of at least 4 members (excludes halogenated alkanes) is 7. The van der Waals surface area contributed by atoms with Gasteiger partial charge < -0.3 is 20.4 Å². The summed E-state index contributed by atoms with van der Waals surface area (Å²) in [6.45, 7) is 4.18. The average Bonchev–Trinajstić information content (AvgIpc) is 3.07. The molecular weight excluding hydrogens is 408 g/mol. The lowest BCUT2D eigenvalue weighted by Gasteiger charge is -2.29. The summed E-state index contributed by atoms with van der Waals surface area (Å²) in [5, 5.41) is 38.5. The Kier molecular flexibility index (Phi) is 13.8. The third-order valence-corrected chi connectivity index (χ3v) is 7.07. The molecule has 1 aliphatic rings. The number of rotatable bonds is 18. The van der Waals surface area contributed by atoms with Crippen LogP contribution in [0.5, 0.6) is 0 Å². The molecular formula is C26H46O6. The maximum absolute atomic E-state index is 10.7. The molecule has 6 nitrogen and oxygen atoms in total. The van der Waals surface area contributed by atoms with Crippen LogP contribution in [-0.2, 0) is 9.59 Å². The first-order valence-electron chi connectivity index (χ1n) is 12.6. The SMILES string of the molecule is CC(C)(CCCCCCCC(=O)O)C(O)C=CC1CCC(O)C1CCCCCCC(=O)O. The van der Waals surface area contributed by atoms with Gasteiger partial charge in [-0.05, 0) is 55.8 Å². The molecule has 4 atom stereocenters. The van der Waals surface area contributed by atoms with Crippen molar-refractivity contribution in [1.29, 1.82) is 0 Å². The number of carboxylic acids is 2. The van der Waals surface area contributed by atoms with Crippen molar-refractivity contribution in [3.63, 3.8) is 0 Å². The second-order valence-corrected chi connectivity index (χ2v) is 10.3. The average molecular weight is 455 g/mol. The summed E-state index contributed by atoms with van der Waals surface area (Å²) in [6.07, 6.45) is 15.8. The summed E-state index contributed by atoms with van der Waals surface area (Å²) in [5.74, 6) is -0.942. The first-order chi connectivity index (χ1) is 15.1. The molecule has 1 fully saturated rings. The lowest BCUT2D eigenvalue weighted by atomic mass is 9.80. The molecule has 0 aromatic rings. The molecule has 186 valence electrons. The smallest absolute Gasteiger partial charge is 0.303 e. The van der Waals surface area contributed by atoms with Crippen LogP contribution in [0.15, 0.2) is 12.2 Å². The monoisotopic (exact) mass is 454 g/mol. The minimum absolute atomic E-state index is 0.214. The van der Waals surface area contributed by atoms with Crippen LogP contribution in [0.1, 0.15) is 110 Å². The number of aliphatic hydroxyl groups excluding tert-OH is 2. The number of allylic oxidation sites excluding steroid dienone is 1. The molecule has 0 aromatic heterocycles. The van der Waals surface area contributed by atoms with Crippen LogP contribution in [0.3, 0.4) is 0 Å². The number of hydrogen-bond donors (Lipinski definition) is 4. The van der Waals surface area contributed by atoms with Crippen LogP contribution in [0.2, 0.25) is 0 Å². The number of aliphatic carboxylic acids is 2. The maximum atomic E-state index is 10.7. The molecule has 0 spiro atoms. The normalized spacial score (nSPS) is 22.4. The standard InChI is InChI=1S/C26H46O6/c1-26(2,19-11-7-3-4-9-13-24(29)30)23(28)18-16-20-15-17-22(27)21(20)12-8-5-6-10-14-25(31)32/h16,18,20-23,27-28H,3-15,17,19H2,1-2H3,(H,29,30)(H,31,32). The third kappa shape index (κ3) is 12.0. The van der Waals surface area contributed by atoms with Gasteiger partial charge in [-0.3, -0.25) is 9.59 Å². The molecule has 1 aliphatic carbocycles. The number of carbonyl (C=O) groups is 2. The second kappa shape index (κ2) is 15.4. The molecule has 0 aromatic carbocycles. The predicted octanol–water partition coefficient (Wildman–Crippen LogP) is 5.56. The van der Waals surface area contributed by atoms with E-state index >= 15 is 0 Å². The quantitative estimate of drug-likeness (QED) is 0.159. The van der Waals surface area contributed by atoms with Crippen molar-refractivity contribution in [1.82, 2.24) is 0 Å². The van der Waals surface area contributed by atoms with Gasteiger partial charge in [-0.1, -0.05) is 70.9 Å². The molecule has 0 radical (unpaired) electrons. The van der Waals surface area contributed by atoms with E-state index in [0.29, 0.717) is 5.92 Å². The number of carboxylic acid groups (broad SMARTS) is 2. The van der Waals surface area contributed by atoms with Gasteiger partial charge in [0, 0.05) is 12.8 Å². The van der Waals surface area contributed by atoms with Crippen LogP contribution in [0.25, 0.3) is 0 Å². The van der Waals surface area contributed by atoms with Crippen LogP contribution in [0.4, 0.5) is 0 Å². The Morgan fingerprint density at radius 1 is 0.875 bits per heavy atom. The molecule has 0 bridgehead atoms. The van der Waals surface area contributed by atoms with Crippen LogP contribution < -0.4 is 0 Å². The first-order valence-corrected chi connectivity index (χ1v) is 12.6. The van der Waals surface area contributed by atoms with Crippen molar-refractivity contribution in [2.45, 2.75) is 122 Å². The zero-order valence-electron chi connectivity index (χ0n) is 20.2. The largest absolute Gasteiger partial charge is 0.481 e. The molecule has 4 unspecified atom stereocenters. The van der Waals surface area contributed by atoms with Gasteiger partial charge in [-0.25, -0.2) is 0 Å². The van der Waals surface area contributed by atoms with Crippen molar-refractivity contribution in [2.75, 3.05) is 0 Å². The van der Waals surface area contributed by atoms with Crippen LogP contribution in [0, 0.1) is 17.3 Å². The summed E-state index contributed by atoms with van der Waals surface area (Å²) in [6, 6.07) is 0. The second-order valence-electron chi connectivity index (χ2n) is 10.3. The highest BCUT2D eigenvalue weighted by atomic mass is 16.4. The van der Waals surface area contributed by atoms with E-state index in [4.69, 9.17) is 10.2 Å². The minimum atomic E-state index is -0.737. The highest BCUT2D eigenvalue weighted by molar-refractivity contribution is 5.66. The van der Waals surface area contributed by atoms with Crippen molar-refractivity contribution < 1.29 is 30.0 Å². The Morgan fingerprint density at radius 3 is 2.00 bits per heavy atom.